The lowest BCUT2D eigenvalue weighted by Gasteiger charge is -2.23. The van der Waals surface area contributed by atoms with Gasteiger partial charge in [-0.15, -0.1) is 23.1 Å². The number of aromatic nitrogens is 2. The van der Waals surface area contributed by atoms with Gasteiger partial charge in [-0.2, -0.15) is 4.98 Å². The maximum Gasteiger partial charge on any atom is 0.237 e. The summed E-state index contributed by atoms with van der Waals surface area (Å²) in [6.07, 6.45) is 4.71. The van der Waals surface area contributed by atoms with E-state index in [4.69, 9.17) is 4.52 Å². The van der Waals surface area contributed by atoms with Gasteiger partial charge in [0.1, 0.15) is 0 Å². The summed E-state index contributed by atoms with van der Waals surface area (Å²) in [5, 5.41) is 5.91. The second-order valence-electron chi connectivity index (χ2n) is 5.68. The van der Waals surface area contributed by atoms with Crippen LogP contribution in [0.2, 0.25) is 0 Å². The lowest BCUT2D eigenvalue weighted by molar-refractivity contribution is -0.130. The number of likely N-dealkylation sites (tertiary alicyclic amines) is 1. The van der Waals surface area contributed by atoms with Crippen LogP contribution < -0.4 is 0 Å². The third-order valence-electron chi connectivity index (χ3n) is 3.93. The van der Waals surface area contributed by atoms with Crippen LogP contribution in [0, 0.1) is 0 Å². The van der Waals surface area contributed by atoms with Gasteiger partial charge in [-0.1, -0.05) is 24.1 Å². The van der Waals surface area contributed by atoms with Crippen LogP contribution in [0.5, 0.6) is 0 Å². The molecule has 0 bridgehead atoms. The van der Waals surface area contributed by atoms with Gasteiger partial charge >= 0.3 is 0 Å². The summed E-state index contributed by atoms with van der Waals surface area (Å²) < 4.78 is 5.28. The first-order valence-corrected chi connectivity index (χ1v) is 9.94. The van der Waals surface area contributed by atoms with E-state index in [-0.39, 0.29) is 11.2 Å². The van der Waals surface area contributed by atoms with Crippen LogP contribution >= 0.6 is 23.1 Å². The molecule has 1 fully saturated rings. The van der Waals surface area contributed by atoms with Gasteiger partial charge in [-0.05, 0) is 31.2 Å². The summed E-state index contributed by atoms with van der Waals surface area (Å²) in [6.45, 7) is 3.76. The fourth-order valence-electron chi connectivity index (χ4n) is 2.64. The van der Waals surface area contributed by atoms with Gasteiger partial charge in [-0.25, -0.2) is 0 Å². The zero-order valence-corrected chi connectivity index (χ0v) is 14.9. The van der Waals surface area contributed by atoms with Crippen molar-refractivity contribution in [2.45, 2.75) is 43.6 Å². The molecule has 1 aliphatic heterocycles. The van der Waals surface area contributed by atoms with Gasteiger partial charge in [0.2, 0.25) is 17.6 Å². The van der Waals surface area contributed by atoms with Crippen molar-refractivity contribution in [2.24, 2.45) is 0 Å². The third kappa shape index (κ3) is 4.35. The fourth-order valence-corrected chi connectivity index (χ4v) is 4.09. The highest BCUT2D eigenvalue weighted by Crippen LogP contribution is 2.24. The Kier molecular flexibility index (Phi) is 5.72. The Hall–Kier alpha value is -1.34. The zero-order valence-electron chi connectivity index (χ0n) is 13.2. The molecule has 0 spiro atoms. The molecule has 2 aromatic rings. The summed E-state index contributed by atoms with van der Waals surface area (Å²) in [5.74, 6) is 2.00. The highest BCUT2D eigenvalue weighted by Gasteiger charge is 2.22. The largest absolute Gasteiger partial charge is 0.342 e. The number of amides is 1. The van der Waals surface area contributed by atoms with E-state index in [9.17, 15) is 4.79 Å². The first-order valence-electron chi connectivity index (χ1n) is 8.01. The molecule has 23 heavy (non-hydrogen) atoms. The van der Waals surface area contributed by atoms with Crippen molar-refractivity contribution in [3.8, 4) is 10.7 Å². The van der Waals surface area contributed by atoms with Gasteiger partial charge in [-0.3, -0.25) is 4.79 Å². The normalized spacial score (nSPS) is 17.0. The number of rotatable bonds is 5. The molecular formula is C16H21N3O2S2. The van der Waals surface area contributed by atoms with Crippen molar-refractivity contribution in [2.75, 3.05) is 13.1 Å². The summed E-state index contributed by atoms with van der Waals surface area (Å²) >= 11 is 3.15. The van der Waals surface area contributed by atoms with Crippen LogP contribution in [0.4, 0.5) is 0 Å². The van der Waals surface area contributed by atoms with Gasteiger partial charge < -0.3 is 9.42 Å². The SMILES string of the molecule is CC(SCc1nc(-c2cccs2)no1)C(=O)N1CCCCCC1. The molecule has 3 heterocycles. The Morgan fingerprint density at radius 1 is 1.39 bits per heavy atom. The first kappa shape index (κ1) is 16.5. The predicted molar refractivity (Wildman–Crippen MR) is 93.4 cm³/mol. The molecule has 0 radical (unpaired) electrons. The van der Waals surface area contributed by atoms with Crippen LogP contribution in [-0.2, 0) is 10.5 Å². The van der Waals surface area contributed by atoms with Gasteiger partial charge in [0.15, 0.2) is 0 Å². The highest BCUT2D eigenvalue weighted by atomic mass is 32.2. The minimum atomic E-state index is -0.0785. The average molecular weight is 351 g/mol. The molecule has 1 unspecified atom stereocenters. The van der Waals surface area contributed by atoms with Crippen molar-refractivity contribution < 1.29 is 9.32 Å². The monoisotopic (exact) mass is 351 g/mol. The summed E-state index contributed by atoms with van der Waals surface area (Å²) in [5.41, 5.74) is 0. The van der Waals surface area contributed by atoms with E-state index in [0.29, 0.717) is 17.5 Å². The van der Waals surface area contributed by atoms with Crippen LogP contribution in [-0.4, -0.2) is 39.3 Å². The van der Waals surface area contributed by atoms with Crippen LogP contribution in [0.3, 0.4) is 0 Å². The molecular weight excluding hydrogens is 330 g/mol. The molecule has 5 nitrogen and oxygen atoms in total. The Labute approximate surface area is 144 Å². The molecule has 0 N–H and O–H groups in total. The summed E-state index contributed by atoms with van der Waals surface area (Å²) in [4.78, 5) is 19.9. The smallest absolute Gasteiger partial charge is 0.237 e. The Morgan fingerprint density at radius 3 is 2.87 bits per heavy atom. The number of thiophene rings is 1. The van der Waals surface area contributed by atoms with Crippen LogP contribution in [0.15, 0.2) is 22.0 Å². The topological polar surface area (TPSA) is 59.2 Å². The number of nitrogens with zero attached hydrogens (tertiary/aromatic N) is 3. The Bertz CT molecular complexity index is 619. The quantitative estimate of drug-likeness (QED) is 0.819. The molecule has 1 saturated heterocycles. The molecule has 1 amide bonds. The first-order chi connectivity index (χ1) is 11.2. The van der Waals surface area contributed by atoms with E-state index >= 15 is 0 Å². The highest BCUT2D eigenvalue weighted by molar-refractivity contribution is 7.99. The van der Waals surface area contributed by atoms with E-state index < -0.39 is 0 Å². The number of carbonyl (C=O) groups excluding carboxylic acids is 1. The molecule has 2 aromatic heterocycles. The van der Waals surface area contributed by atoms with Crippen molar-refractivity contribution in [1.82, 2.24) is 15.0 Å². The van der Waals surface area contributed by atoms with Crippen LogP contribution in [0.1, 0.15) is 38.5 Å². The molecule has 0 aromatic carbocycles. The van der Waals surface area contributed by atoms with Crippen molar-refractivity contribution in [3.05, 3.63) is 23.4 Å². The van der Waals surface area contributed by atoms with Crippen molar-refractivity contribution in [3.63, 3.8) is 0 Å². The maximum atomic E-state index is 12.5. The van der Waals surface area contributed by atoms with Crippen molar-refractivity contribution in [1.29, 1.82) is 0 Å². The van der Waals surface area contributed by atoms with Gasteiger partial charge in [0.05, 0.1) is 15.9 Å². The number of thioether (sulfide) groups is 1. The van der Waals surface area contributed by atoms with Gasteiger partial charge in [0.25, 0.3) is 0 Å². The maximum absolute atomic E-state index is 12.5. The minimum Gasteiger partial charge on any atom is -0.342 e. The lowest BCUT2D eigenvalue weighted by Crippen LogP contribution is -2.37. The Balaban J connectivity index is 1.52. The van der Waals surface area contributed by atoms with E-state index in [1.807, 2.05) is 29.3 Å². The minimum absolute atomic E-state index is 0.0785. The number of carbonyl (C=O) groups is 1. The molecule has 124 valence electrons. The molecule has 1 aliphatic rings. The van der Waals surface area contributed by atoms with Crippen molar-refractivity contribution >= 4 is 29.0 Å². The number of hydrogen-bond acceptors (Lipinski definition) is 6. The summed E-state index contributed by atoms with van der Waals surface area (Å²) in [7, 11) is 0. The molecule has 7 heteroatoms. The van der Waals surface area contributed by atoms with Gasteiger partial charge in [0, 0.05) is 13.1 Å². The van der Waals surface area contributed by atoms with E-state index in [2.05, 4.69) is 10.1 Å². The third-order valence-corrected chi connectivity index (χ3v) is 5.91. The fraction of sp³-hybridized carbons (Fsp3) is 0.562. The molecule has 1 atom stereocenters. The Morgan fingerprint density at radius 2 is 2.17 bits per heavy atom. The van der Waals surface area contributed by atoms with Crippen LogP contribution in [0.25, 0.3) is 10.7 Å². The predicted octanol–water partition coefficient (Wildman–Crippen LogP) is 3.82. The second-order valence-corrected chi connectivity index (χ2v) is 7.96. The van der Waals surface area contributed by atoms with E-state index in [1.165, 1.54) is 12.8 Å². The van der Waals surface area contributed by atoms with E-state index in [0.717, 1.165) is 30.8 Å². The average Bonchev–Trinajstić information content (AvgIpc) is 3.18. The molecule has 0 aliphatic carbocycles. The lowest BCUT2D eigenvalue weighted by atomic mass is 10.2. The zero-order chi connectivity index (χ0) is 16.1. The summed E-state index contributed by atoms with van der Waals surface area (Å²) in [6, 6.07) is 3.94. The number of hydrogen-bond donors (Lipinski definition) is 0. The molecule has 0 saturated carbocycles. The second kappa shape index (κ2) is 7.97. The molecule has 3 rings (SSSR count). The van der Waals surface area contributed by atoms with E-state index in [1.54, 1.807) is 23.1 Å². The standard InChI is InChI=1S/C16H21N3O2S2/c1-12(16(20)19-8-4-2-3-5-9-19)23-11-14-17-15(18-21-14)13-7-6-10-22-13/h6-7,10,12H,2-5,8-9,11H2,1H3.